The molecule has 0 aliphatic heterocycles. The van der Waals surface area contributed by atoms with Gasteiger partial charge >= 0.3 is 8.24 Å². The Balaban J connectivity index is 0.00000675. The highest BCUT2D eigenvalue weighted by Crippen LogP contribution is 2.24. The molecule has 0 aromatic heterocycles. The molecule has 0 spiro atoms. The number of benzene rings is 3. The number of hydrogen-bond donors (Lipinski definition) is 0. The Kier molecular flexibility index (Phi) is 19.9. The van der Waals surface area contributed by atoms with E-state index in [1.165, 1.54) is 129 Å². The van der Waals surface area contributed by atoms with Crippen molar-refractivity contribution in [1.82, 2.24) is 0 Å². The molecule has 1 nitrogen and oxygen atoms in total. The van der Waals surface area contributed by atoms with E-state index in [1.807, 2.05) is 0 Å². The largest absolute Gasteiger partial charge is 1.00 e. The van der Waals surface area contributed by atoms with Crippen LogP contribution in [0, 0.1) is 0 Å². The highest BCUT2D eigenvalue weighted by molar-refractivity contribution is 7.06. The highest BCUT2D eigenvalue weighted by atomic mass is 79.9. The minimum atomic E-state index is -2.39. The summed E-state index contributed by atoms with van der Waals surface area (Å²) in [5.41, 5.74) is 0. The van der Waals surface area contributed by atoms with Crippen molar-refractivity contribution in [3.63, 3.8) is 0 Å². The van der Waals surface area contributed by atoms with Crippen LogP contribution in [0.1, 0.15) is 129 Å². The molecule has 3 aromatic carbocycles. The van der Waals surface area contributed by atoms with Crippen molar-refractivity contribution in [3.8, 4) is 0 Å². The molecular formula is C41H64BrNSi. The molecule has 1 atom stereocenters. The van der Waals surface area contributed by atoms with Gasteiger partial charge in [-0.2, -0.15) is 0 Å². The molecule has 0 radical (unpaired) electrons. The maximum atomic E-state index is 2.61. The Labute approximate surface area is 284 Å². The minimum absolute atomic E-state index is 0. The van der Waals surface area contributed by atoms with Crippen molar-refractivity contribution < 1.29 is 21.1 Å². The van der Waals surface area contributed by atoms with Gasteiger partial charge in [0.2, 0.25) is 0 Å². The molecule has 244 valence electrons. The number of nitrogens with zero attached hydrogens (tertiary/aromatic N) is 1. The quantitative estimate of drug-likeness (QED) is 0.0536. The molecular weight excluding hydrogens is 614 g/mol. The molecule has 0 fully saturated rings. The SMILES string of the molecule is CCCCCCCCCCCCCCCCCC[N+](C)(CCCC)[Si](c1ccccc1)(c1ccccc1)c1ccccc1.[Br-]. The van der Waals surface area contributed by atoms with Crippen LogP contribution in [-0.2, 0) is 0 Å². The summed E-state index contributed by atoms with van der Waals surface area (Å²) < 4.78 is 1.15. The minimum Gasteiger partial charge on any atom is -1.00 e. The van der Waals surface area contributed by atoms with Gasteiger partial charge in [-0.05, 0) is 19.3 Å². The van der Waals surface area contributed by atoms with E-state index in [-0.39, 0.29) is 17.0 Å². The Morgan fingerprint density at radius 2 is 0.659 bits per heavy atom. The van der Waals surface area contributed by atoms with Gasteiger partial charge in [-0.1, -0.05) is 201 Å². The summed E-state index contributed by atoms with van der Waals surface area (Å²) in [6.07, 6.45) is 25.3. The predicted molar refractivity (Wildman–Crippen MR) is 194 cm³/mol. The van der Waals surface area contributed by atoms with Gasteiger partial charge in [0.25, 0.3) is 0 Å². The van der Waals surface area contributed by atoms with Crippen molar-refractivity contribution in [2.24, 2.45) is 0 Å². The Morgan fingerprint density at radius 3 is 0.977 bits per heavy atom. The fourth-order valence-corrected chi connectivity index (χ4v) is 13.3. The number of unbranched alkanes of at least 4 members (excludes halogenated alkanes) is 16. The van der Waals surface area contributed by atoms with Crippen molar-refractivity contribution in [3.05, 3.63) is 91.0 Å². The van der Waals surface area contributed by atoms with Crippen molar-refractivity contribution in [2.75, 3.05) is 20.1 Å². The average Bonchev–Trinajstić information content (AvgIpc) is 3.05. The predicted octanol–water partition coefficient (Wildman–Crippen LogP) is 7.17. The Morgan fingerprint density at radius 1 is 0.386 bits per heavy atom. The third-order valence-corrected chi connectivity index (χ3v) is 15.5. The van der Waals surface area contributed by atoms with Crippen LogP contribution in [0.5, 0.6) is 0 Å². The number of hydrogen-bond acceptors (Lipinski definition) is 0. The molecule has 0 amide bonds. The first kappa shape index (κ1) is 38.5. The zero-order chi connectivity index (χ0) is 30.5. The van der Waals surface area contributed by atoms with Crippen LogP contribution in [0.15, 0.2) is 91.0 Å². The fourth-order valence-electron chi connectivity index (χ4n) is 7.44. The van der Waals surface area contributed by atoms with Crippen molar-refractivity contribution >= 4 is 23.8 Å². The summed E-state index contributed by atoms with van der Waals surface area (Å²) in [5.74, 6) is 0. The lowest BCUT2D eigenvalue weighted by atomic mass is 10.0. The monoisotopic (exact) mass is 677 g/mol. The molecule has 44 heavy (non-hydrogen) atoms. The standard InChI is InChI=1S/C41H64NSi.BrH/c1-4-6-8-9-10-11-12-13-14-15-16-17-18-19-20-30-38-42(3,37-7-5-2)43(39-31-24-21-25-32-39,40-33-26-22-27-34-40)41-35-28-23-29-36-41;/h21-29,31-36H,4-20,30,37-38H2,1-3H3;1H/q+1;/p-1. The van der Waals surface area contributed by atoms with E-state index in [2.05, 4.69) is 112 Å². The number of rotatable bonds is 24. The van der Waals surface area contributed by atoms with Crippen LogP contribution in [0.2, 0.25) is 0 Å². The lowest BCUT2D eigenvalue weighted by Crippen LogP contribution is -3.00. The van der Waals surface area contributed by atoms with Gasteiger partial charge in [0.15, 0.2) is 0 Å². The molecule has 0 heterocycles. The maximum Gasteiger partial charge on any atom is 0.383 e. The lowest BCUT2D eigenvalue weighted by Gasteiger charge is -2.50. The van der Waals surface area contributed by atoms with E-state index < -0.39 is 8.24 Å². The third kappa shape index (κ3) is 11.6. The molecule has 0 saturated heterocycles. The van der Waals surface area contributed by atoms with Crippen LogP contribution in [0.25, 0.3) is 0 Å². The number of quaternary nitrogens is 1. The first-order valence-corrected chi connectivity index (χ1v) is 20.1. The Hall–Kier alpha value is -1.68. The summed E-state index contributed by atoms with van der Waals surface area (Å²) in [4.78, 5) is 0. The van der Waals surface area contributed by atoms with Crippen molar-refractivity contribution in [1.29, 1.82) is 0 Å². The first-order chi connectivity index (χ1) is 21.2. The summed E-state index contributed by atoms with van der Waals surface area (Å²) in [6.45, 7) is 7.15. The zero-order valence-electron chi connectivity index (χ0n) is 28.6. The second-order valence-electron chi connectivity index (χ2n) is 13.3. The van der Waals surface area contributed by atoms with E-state index in [0.717, 1.165) is 4.15 Å². The van der Waals surface area contributed by atoms with Crippen LogP contribution in [-0.4, -0.2) is 32.5 Å². The molecule has 3 aromatic rings. The van der Waals surface area contributed by atoms with Gasteiger partial charge in [-0.25, -0.2) is 0 Å². The van der Waals surface area contributed by atoms with Crippen LogP contribution in [0.4, 0.5) is 0 Å². The van der Waals surface area contributed by atoms with E-state index in [0.29, 0.717) is 0 Å². The van der Waals surface area contributed by atoms with E-state index in [4.69, 9.17) is 0 Å². The van der Waals surface area contributed by atoms with Gasteiger partial charge in [-0.15, -0.1) is 0 Å². The van der Waals surface area contributed by atoms with Crippen LogP contribution in [0.3, 0.4) is 0 Å². The normalized spacial score (nSPS) is 12.9. The molecule has 3 heteroatoms. The number of halogens is 1. The third-order valence-electron chi connectivity index (χ3n) is 9.89. The van der Waals surface area contributed by atoms with E-state index in [9.17, 15) is 0 Å². The molecule has 0 bridgehead atoms. The summed E-state index contributed by atoms with van der Waals surface area (Å²) in [5, 5.41) is 4.63. The smallest absolute Gasteiger partial charge is 0.383 e. The zero-order valence-corrected chi connectivity index (χ0v) is 31.2. The van der Waals surface area contributed by atoms with Gasteiger partial charge in [0.05, 0.1) is 20.1 Å². The molecule has 0 aliphatic rings. The topological polar surface area (TPSA) is 0 Å². The molecule has 0 saturated carbocycles. The van der Waals surface area contributed by atoms with Gasteiger partial charge in [0, 0.05) is 15.6 Å². The molecule has 0 aliphatic carbocycles. The van der Waals surface area contributed by atoms with E-state index >= 15 is 0 Å². The summed E-state index contributed by atoms with van der Waals surface area (Å²) >= 11 is 0. The fraction of sp³-hybridized carbons (Fsp3) is 0.561. The van der Waals surface area contributed by atoms with Crippen LogP contribution < -0.4 is 32.5 Å². The van der Waals surface area contributed by atoms with Gasteiger partial charge < -0.3 is 21.1 Å². The molecule has 3 rings (SSSR count). The second-order valence-corrected chi connectivity index (χ2v) is 17.5. The van der Waals surface area contributed by atoms with E-state index in [1.54, 1.807) is 15.6 Å². The van der Waals surface area contributed by atoms with Gasteiger partial charge in [0.1, 0.15) is 0 Å². The summed E-state index contributed by atoms with van der Waals surface area (Å²) in [6, 6.07) is 34.7. The lowest BCUT2D eigenvalue weighted by molar-refractivity contribution is -0.809. The highest BCUT2D eigenvalue weighted by Gasteiger charge is 2.57. The van der Waals surface area contributed by atoms with Crippen LogP contribution >= 0.6 is 0 Å². The first-order valence-electron chi connectivity index (χ1n) is 18.2. The maximum absolute atomic E-state index is 2.61. The Bertz CT molecular complexity index is 977. The molecule has 1 unspecified atom stereocenters. The van der Waals surface area contributed by atoms with Crippen molar-refractivity contribution in [2.45, 2.75) is 129 Å². The summed E-state index contributed by atoms with van der Waals surface area (Å²) in [7, 11) is 0.225. The second kappa shape index (κ2) is 22.8. The van der Waals surface area contributed by atoms with Gasteiger partial charge in [-0.3, -0.25) is 0 Å². The molecule has 0 N–H and O–H groups in total. The average molecular weight is 679 g/mol.